The molecule has 0 aromatic heterocycles. The monoisotopic (exact) mass is 349 g/mol. The molecule has 1 saturated heterocycles. The Bertz CT molecular complexity index is 702. The molecule has 1 aliphatic heterocycles. The first-order chi connectivity index (χ1) is 11.1. The molecule has 3 rings (SSSR count). The first-order valence-corrected chi connectivity index (χ1v) is 7.73. The number of nitrogens with two attached hydrogens (primary N) is 1. The predicted octanol–water partition coefficient (Wildman–Crippen LogP) is 2.79. The van der Waals surface area contributed by atoms with E-state index in [-0.39, 0.29) is 24.1 Å². The van der Waals surface area contributed by atoms with Crippen molar-refractivity contribution < 1.29 is 9.18 Å². The number of hydrogen-bond acceptors (Lipinski definition) is 3. The molecule has 1 aliphatic rings. The second-order valence-electron chi connectivity index (χ2n) is 5.82. The van der Waals surface area contributed by atoms with Crippen LogP contribution in [-0.2, 0) is 6.54 Å². The highest BCUT2D eigenvalue weighted by Crippen LogP contribution is 2.14. The van der Waals surface area contributed by atoms with E-state index in [9.17, 15) is 9.18 Å². The van der Waals surface area contributed by atoms with E-state index in [0.29, 0.717) is 18.7 Å². The number of carbonyl (C=O) groups is 1. The Morgan fingerprint density at radius 2 is 1.75 bits per heavy atom. The molecule has 0 aliphatic carbocycles. The van der Waals surface area contributed by atoms with Crippen LogP contribution in [-0.4, -0.2) is 41.9 Å². The SMILES string of the molecule is Cl.Nc1cccc(CN2CCN(C(=O)c3cccc(F)c3)CC2)c1. The Hall–Kier alpha value is -2.11. The summed E-state index contributed by atoms with van der Waals surface area (Å²) in [5.41, 5.74) is 8.15. The Morgan fingerprint density at radius 3 is 2.42 bits per heavy atom. The van der Waals surface area contributed by atoms with Crippen molar-refractivity contribution in [1.82, 2.24) is 9.80 Å². The van der Waals surface area contributed by atoms with Crippen molar-refractivity contribution in [2.75, 3.05) is 31.9 Å². The lowest BCUT2D eigenvalue weighted by molar-refractivity contribution is 0.0628. The van der Waals surface area contributed by atoms with Crippen LogP contribution >= 0.6 is 12.4 Å². The van der Waals surface area contributed by atoms with Crippen LogP contribution in [0.25, 0.3) is 0 Å². The van der Waals surface area contributed by atoms with E-state index >= 15 is 0 Å². The zero-order valence-corrected chi connectivity index (χ0v) is 14.1. The van der Waals surface area contributed by atoms with E-state index < -0.39 is 0 Å². The lowest BCUT2D eigenvalue weighted by Gasteiger charge is -2.34. The van der Waals surface area contributed by atoms with E-state index in [0.717, 1.165) is 25.3 Å². The van der Waals surface area contributed by atoms with Crippen LogP contribution in [0.1, 0.15) is 15.9 Å². The van der Waals surface area contributed by atoms with Gasteiger partial charge in [0.1, 0.15) is 5.82 Å². The zero-order valence-electron chi connectivity index (χ0n) is 13.3. The van der Waals surface area contributed by atoms with Gasteiger partial charge in [-0.25, -0.2) is 4.39 Å². The van der Waals surface area contributed by atoms with Gasteiger partial charge in [0, 0.05) is 44.0 Å². The van der Waals surface area contributed by atoms with Gasteiger partial charge >= 0.3 is 0 Å². The van der Waals surface area contributed by atoms with E-state index in [2.05, 4.69) is 11.0 Å². The van der Waals surface area contributed by atoms with E-state index in [1.54, 1.807) is 17.0 Å². The Labute approximate surface area is 147 Å². The molecule has 0 spiro atoms. The Morgan fingerprint density at radius 1 is 1.04 bits per heavy atom. The second-order valence-corrected chi connectivity index (χ2v) is 5.82. The second kappa shape index (κ2) is 8.13. The highest BCUT2D eigenvalue weighted by molar-refractivity contribution is 5.94. The first-order valence-electron chi connectivity index (χ1n) is 7.73. The van der Waals surface area contributed by atoms with Gasteiger partial charge in [0.05, 0.1) is 0 Å². The number of benzene rings is 2. The van der Waals surface area contributed by atoms with Gasteiger partial charge in [-0.05, 0) is 35.9 Å². The van der Waals surface area contributed by atoms with Crippen LogP contribution in [0.15, 0.2) is 48.5 Å². The molecule has 1 heterocycles. The molecule has 0 radical (unpaired) electrons. The van der Waals surface area contributed by atoms with Crippen LogP contribution < -0.4 is 5.73 Å². The van der Waals surface area contributed by atoms with Crippen LogP contribution in [0.5, 0.6) is 0 Å². The summed E-state index contributed by atoms with van der Waals surface area (Å²) < 4.78 is 13.2. The maximum atomic E-state index is 13.2. The largest absolute Gasteiger partial charge is 0.399 e. The van der Waals surface area contributed by atoms with Gasteiger partial charge in [-0.2, -0.15) is 0 Å². The Kier molecular flexibility index (Phi) is 6.17. The van der Waals surface area contributed by atoms with Crippen LogP contribution in [0.3, 0.4) is 0 Å². The van der Waals surface area contributed by atoms with Crippen molar-refractivity contribution in [1.29, 1.82) is 0 Å². The standard InChI is InChI=1S/C18H20FN3O.ClH/c19-16-5-2-4-15(12-16)18(23)22-9-7-21(8-10-22)13-14-3-1-6-17(20)11-14;/h1-6,11-12H,7-10,13,20H2;1H. The highest BCUT2D eigenvalue weighted by Gasteiger charge is 2.22. The summed E-state index contributed by atoms with van der Waals surface area (Å²) >= 11 is 0. The predicted molar refractivity (Wildman–Crippen MR) is 95.7 cm³/mol. The zero-order chi connectivity index (χ0) is 16.2. The van der Waals surface area contributed by atoms with Gasteiger partial charge in [-0.15, -0.1) is 12.4 Å². The molecule has 2 N–H and O–H groups in total. The number of piperazine rings is 1. The molecule has 0 unspecified atom stereocenters. The molecule has 1 fully saturated rings. The molecule has 24 heavy (non-hydrogen) atoms. The fraction of sp³-hybridized carbons (Fsp3) is 0.278. The number of rotatable bonds is 3. The molecule has 1 amide bonds. The number of carbonyl (C=O) groups excluding carboxylic acids is 1. The molecular weight excluding hydrogens is 329 g/mol. The van der Waals surface area contributed by atoms with Crippen LogP contribution in [0.4, 0.5) is 10.1 Å². The maximum Gasteiger partial charge on any atom is 0.254 e. The fourth-order valence-corrected chi connectivity index (χ4v) is 2.86. The summed E-state index contributed by atoms with van der Waals surface area (Å²) in [7, 11) is 0. The minimum Gasteiger partial charge on any atom is -0.399 e. The van der Waals surface area contributed by atoms with Crippen molar-refractivity contribution >= 4 is 24.0 Å². The number of amides is 1. The normalized spacial score (nSPS) is 15.0. The molecule has 4 nitrogen and oxygen atoms in total. The smallest absolute Gasteiger partial charge is 0.254 e. The number of anilines is 1. The summed E-state index contributed by atoms with van der Waals surface area (Å²) in [6.07, 6.45) is 0. The molecule has 0 bridgehead atoms. The van der Waals surface area contributed by atoms with Crippen LogP contribution in [0.2, 0.25) is 0 Å². The average molecular weight is 350 g/mol. The number of nitrogen functional groups attached to an aromatic ring is 1. The summed E-state index contributed by atoms with van der Waals surface area (Å²) in [5.74, 6) is -0.482. The average Bonchev–Trinajstić information content (AvgIpc) is 2.55. The number of hydrogen-bond donors (Lipinski definition) is 1. The summed E-state index contributed by atoms with van der Waals surface area (Å²) in [6, 6.07) is 13.7. The lowest BCUT2D eigenvalue weighted by Crippen LogP contribution is -2.48. The summed E-state index contributed by atoms with van der Waals surface area (Å²) in [6.45, 7) is 3.73. The van der Waals surface area contributed by atoms with Gasteiger partial charge in [0.15, 0.2) is 0 Å². The molecule has 128 valence electrons. The van der Waals surface area contributed by atoms with Gasteiger partial charge in [0.25, 0.3) is 5.91 Å². The quantitative estimate of drug-likeness (QED) is 0.867. The molecular formula is C18H21ClFN3O. The minimum absolute atomic E-state index is 0. The number of halogens is 2. The Balaban J connectivity index is 0.00000208. The van der Waals surface area contributed by atoms with Gasteiger partial charge in [0.2, 0.25) is 0 Å². The molecule has 2 aromatic rings. The van der Waals surface area contributed by atoms with Crippen molar-refractivity contribution in [2.45, 2.75) is 6.54 Å². The van der Waals surface area contributed by atoms with Gasteiger partial charge < -0.3 is 10.6 Å². The first kappa shape index (κ1) is 18.2. The third-order valence-corrected chi connectivity index (χ3v) is 4.09. The molecule has 0 atom stereocenters. The molecule has 6 heteroatoms. The topological polar surface area (TPSA) is 49.6 Å². The molecule has 2 aromatic carbocycles. The van der Waals surface area contributed by atoms with E-state index in [1.807, 2.05) is 18.2 Å². The van der Waals surface area contributed by atoms with Gasteiger partial charge in [-0.1, -0.05) is 18.2 Å². The van der Waals surface area contributed by atoms with Crippen molar-refractivity contribution in [3.05, 3.63) is 65.5 Å². The maximum absolute atomic E-state index is 13.2. The summed E-state index contributed by atoms with van der Waals surface area (Å²) in [5, 5.41) is 0. The minimum atomic E-state index is -0.379. The highest BCUT2D eigenvalue weighted by atomic mass is 35.5. The van der Waals surface area contributed by atoms with Crippen LogP contribution in [0, 0.1) is 5.82 Å². The van der Waals surface area contributed by atoms with Crippen molar-refractivity contribution in [2.24, 2.45) is 0 Å². The third kappa shape index (κ3) is 4.46. The molecule has 0 saturated carbocycles. The lowest BCUT2D eigenvalue weighted by atomic mass is 10.1. The van der Waals surface area contributed by atoms with Crippen molar-refractivity contribution in [3.63, 3.8) is 0 Å². The fourth-order valence-electron chi connectivity index (χ4n) is 2.86. The number of nitrogens with zero attached hydrogens (tertiary/aromatic N) is 2. The van der Waals surface area contributed by atoms with Crippen molar-refractivity contribution in [3.8, 4) is 0 Å². The van der Waals surface area contributed by atoms with Gasteiger partial charge in [-0.3, -0.25) is 9.69 Å². The van der Waals surface area contributed by atoms with E-state index in [1.165, 1.54) is 17.7 Å². The summed E-state index contributed by atoms with van der Waals surface area (Å²) in [4.78, 5) is 16.5. The van der Waals surface area contributed by atoms with E-state index in [4.69, 9.17) is 5.73 Å². The third-order valence-electron chi connectivity index (χ3n) is 4.09.